The van der Waals surface area contributed by atoms with Crippen LogP contribution in [0.3, 0.4) is 0 Å². The number of pyridine rings is 1. The lowest BCUT2D eigenvalue weighted by molar-refractivity contribution is 0.432. The standard InChI is InChI=1S/C23H23F2N3O3S/c1-12-4-6-18(16(24)8-12)26-22-19(9-13(2)23(30)28(22)3)27-32(31)21-11-15(21)14-5-7-20(29)17(25)10-14/h4-10,15,21,26-27,29H,11H2,1-3H3. The highest BCUT2D eigenvalue weighted by molar-refractivity contribution is 7.87. The zero-order valence-corrected chi connectivity index (χ0v) is 18.6. The van der Waals surface area contributed by atoms with E-state index in [1.165, 1.54) is 22.8 Å². The molecule has 3 unspecified atom stereocenters. The SMILES string of the molecule is Cc1ccc(Nc2c(NS(=O)C3CC3c3ccc(O)c(F)c3)cc(C)c(=O)n2C)c(F)c1. The summed E-state index contributed by atoms with van der Waals surface area (Å²) in [5, 5.41) is 12.0. The van der Waals surface area contributed by atoms with Crippen molar-refractivity contribution >= 4 is 28.2 Å². The van der Waals surface area contributed by atoms with Gasteiger partial charge in [0.25, 0.3) is 5.56 Å². The van der Waals surface area contributed by atoms with E-state index in [2.05, 4.69) is 10.0 Å². The fraction of sp³-hybridized carbons (Fsp3) is 0.261. The number of hydrogen-bond acceptors (Lipinski definition) is 4. The van der Waals surface area contributed by atoms with Crippen LogP contribution in [0.4, 0.5) is 26.0 Å². The van der Waals surface area contributed by atoms with Crippen molar-refractivity contribution < 1.29 is 18.1 Å². The van der Waals surface area contributed by atoms with Gasteiger partial charge in [-0.05, 0) is 61.7 Å². The third-order valence-corrected chi connectivity index (χ3v) is 7.08. The molecule has 32 heavy (non-hydrogen) atoms. The molecule has 9 heteroatoms. The summed E-state index contributed by atoms with van der Waals surface area (Å²) in [6.07, 6.45) is 0.587. The third-order valence-electron chi connectivity index (χ3n) is 5.59. The molecule has 1 aliphatic rings. The molecule has 3 atom stereocenters. The Balaban J connectivity index is 1.60. The molecule has 3 aromatic rings. The van der Waals surface area contributed by atoms with Gasteiger partial charge in [0.15, 0.2) is 11.6 Å². The van der Waals surface area contributed by atoms with E-state index in [0.717, 1.165) is 5.56 Å². The van der Waals surface area contributed by atoms with Gasteiger partial charge in [0.1, 0.15) is 22.6 Å². The van der Waals surface area contributed by atoms with Crippen LogP contribution in [0.2, 0.25) is 0 Å². The summed E-state index contributed by atoms with van der Waals surface area (Å²) < 4.78 is 45.4. The molecule has 1 heterocycles. The van der Waals surface area contributed by atoms with Crippen molar-refractivity contribution in [2.75, 3.05) is 10.0 Å². The molecule has 1 fully saturated rings. The molecule has 3 N–H and O–H groups in total. The lowest BCUT2D eigenvalue weighted by Crippen LogP contribution is -2.24. The zero-order valence-electron chi connectivity index (χ0n) is 17.8. The topological polar surface area (TPSA) is 83.4 Å². The van der Waals surface area contributed by atoms with Crippen molar-refractivity contribution in [2.45, 2.75) is 31.4 Å². The van der Waals surface area contributed by atoms with Crippen LogP contribution >= 0.6 is 0 Å². The number of nitrogens with zero attached hydrogens (tertiary/aromatic N) is 1. The van der Waals surface area contributed by atoms with E-state index in [-0.39, 0.29) is 28.2 Å². The maximum atomic E-state index is 14.4. The number of anilines is 3. The number of phenols is 1. The van der Waals surface area contributed by atoms with Gasteiger partial charge in [-0.2, -0.15) is 0 Å². The van der Waals surface area contributed by atoms with E-state index in [4.69, 9.17) is 0 Å². The predicted octanol–water partition coefficient (Wildman–Crippen LogP) is 4.36. The van der Waals surface area contributed by atoms with Crippen molar-refractivity contribution in [3.63, 3.8) is 0 Å². The molecule has 0 spiro atoms. The van der Waals surface area contributed by atoms with Gasteiger partial charge in [-0.1, -0.05) is 12.1 Å². The summed E-state index contributed by atoms with van der Waals surface area (Å²) in [6.45, 7) is 3.42. The average Bonchev–Trinajstić information content (AvgIpc) is 3.54. The Morgan fingerprint density at radius 2 is 1.81 bits per heavy atom. The minimum absolute atomic E-state index is 0.113. The van der Waals surface area contributed by atoms with Crippen molar-refractivity contribution in [1.29, 1.82) is 0 Å². The first kappa shape index (κ1) is 22.0. The second kappa shape index (κ2) is 8.38. The highest BCUT2D eigenvalue weighted by Gasteiger charge is 2.44. The number of hydrogen-bond donors (Lipinski definition) is 3. The van der Waals surface area contributed by atoms with Crippen LogP contribution in [0.5, 0.6) is 5.75 Å². The molecule has 0 bridgehead atoms. The fourth-order valence-electron chi connectivity index (χ4n) is 3.67. The summed E-state index contributed by atoms with van der Waals surface area (Å²) in [5.41, 5.74) is 2.18. The lowest BCUT2D eigenvalue weighted by Gasteiger charge is -2.18. The first-order valence-electron chi connectivity index (χ1n) is 10.0. The number of rotatable bonds is 6. The summed E-state index contributed by atoms with van der Waals surface area (Å²) >= 11 is 0. The second-order valence-corrected chi connectivity index (χ2v) is 9.46. The van der Waals surface area contributed by atoms with Gasteiger partial charge in [-0.3, -0.25) is 9.36 Å². The van der Waals surface area contributed by atoms with Crippen LogP contribution in [-0.2, 0) is 18.0 Å². The normalized spacial score (nSPS) is 18.3. The number of phenolic OH excluding ortho intramolecular Hbond substituents is 1. The van der Waals surface area contributed by atoms with E-state index >= 15 is 0 Å². The molecular weight excluding hydrogens is 436 g/mol. The highest BCUT2D eigenvalue weighted by atomic mass is 32.2. The van der Waals surface area contributed by atoms with Crippen molar-refractivity contribution in [3.8, 4) is 5.75 Å². The Bertz CT molecular complexity index is 1290. The summed E-state index contributed by atoms with van der Waals surface area (Å²) in [4.78, 5) is 12.5. The average molecular weight is 460 g/mol. The zero-order chi connectivity index (χ0) is 23.2. The number of aromatic hydroxyl groups is 1. The molecule has 0 aliphatic heterocycles. The van der Waals surface area contributed by atoms with Crippen molar-refractivity contribution in [2.24, 2.45) is 7.05 Å². The minimum Gasteiger partial charge on any atom is -0.505 e. The van der Waals surface area contributed by atoms with Crippen LogP contribution < -0.4 is 15.6 Å². The fourth-order valence-corrected chi connectivity index (χ4v) is 5.03. The minimum atomic E-state index is -1.54. The number of halogens is 2. The van der Waals surface area contributed by atoms with Crippen LogP contribution in [-0.4, -0.2) is 19.1 Å². The maximum Gasteiger partial charge on any atom is 0.254 e. The predicted molar refractivity (Wildman–Crippen MR) is 122 cm³/mol. The quantitative estimate of drug-likeness (QED) is 0.512. The van der Waals surface area contributed by atoms with E-state index in [9.17, 15) is 22.9 Å². The van der Waals surface area contributed by atoms with E-state index in [1.807, 2.05) is 0 Å². The Kier molecular flexibility index (Phi) is 5.77. The first-order chi connectivity index (χ1) is 15.2. The van der Waals surface area contributed by atoms with Crippen molar-refractivity contribution in [3.05, 3.63) is 81.1 Å². The molecule has 0 amide bonds. The molecule has 0 saturated heterocycles. The molecule has 0 radical (unpaired) electrons. The number of aryl methyl sites for hydroxylation is 2. The Labute approximate surface area is 186 Å². The monoisotopic (exact) mass is 459 g/mol. The molecule has 2 aromatic carbocycles. The smallest absolute Gasteiger partial charge is 0.254 e. The number of nitrogens with one attached hydrogen (secondary N) is 2. The first-order valence-corrected chi connectivity index (χ1v) is 11.3. The summed E-state index contributed by atoms with van der Waals surface area (Å²) in [5.74, 6) is -1.44. The molecular formula is C23H23F2N3O3S. The van der Waals surface area contributed by atoms with Crippen LogP contribution in [0.1, 0.15) is 29.0 Å². The van der Waals surface area contributed by atoms with Gasteiger partial charge in [-0.25, -0.2) is 13.0 Å². The molecule has 168 valence electrons. The van der Waals surface area contributed by atoms with Gasteiger partial charge in [0.05, 0.1) is 16.6 Å². The summed E-state index contributed by atoms with van der Waals surface area (Å²) in [6, 6.07) is 10.4. The van der Waals surface area contributed by atoms with E-state index in [1.54, 1.807) is 45.2 Å². The highest BCUT2D eigenvalue weighted by Crippen LogP contribution is 2.46. The van der Waals surface area contributed by atoms with Gasteiger partial charge in [0, 0.05) is 18.5 Å². The Morgan fingerprint density at radius 3 is 2.50 bits per heavy atom. The van der Waals surface area contributed by atoms with E-state index < -0.39 is 28.4 Å². The molecule has 1 aromatic heterocycles. The van der Waals surface area contributed by atoms with Gasteiger partial charge < -0.3 is 15.1 Å². The molecule has 6 nitrogen and oxygen atoms in total. The lowest BCUT2D eigenvalue weighted by atomic mass is 10.1. The van der Waals surface area contributed by atoms with Crippen LogP contribution in [0.15, 0.2) is 47.3 Å². The Morgan fingerprint density at radius 1 is 1.06 bits per heavy atom. The van der Waals surface area contributed by atoms with Crippen LogP contribution in [0.25, 0.3) is 0 Å². The summed E-state index contributed by atoms with van der Waals surface area (Å²) in [7, 11) is 0.0139. The second-order valence-electron chi connectivity index (χ2n) is 8.05. The maximum absolute atomic E-state index is 14.4. The van der Waals surface area contributed by atoms with Gasteiger partial charge in [0.2, 0.25) is 0 Å². The molecule has 1 saturated carbocycles. The van der Waals surface area contributed by atoms with Gasteiger partial charge in [-0.15, -0.1) is 0 Å². The van der Waals surface area contributed by atoms with Gasteiger partial charge >= 0.3 is 0 Å². The van der Waals surface area contributed by atoms with E-state index in [0.29, 0.717) is 23.2 Å². The molecule has 1 aliphatic carbocycles. The molecule has 4 rings (SSSR count). The van der Waals surface area contributed by atoms with Crippen molar-refractivity contribution in [1.82, 2.24) is 4.57 Å². The largest absolute Gasteiger partial charge is 0.505 e. The third kappa shape index (κ3) is 4.25. The Hall–Kier alpha value is -3.20. The van der Waals surface area contributed by atoms with Crippen LogP contribution in [0, 0.1) is 25.5 Å². The number of aromatic nitrogens is 1. The number of benzene rings is 2.